The molecule has 0 spiro atoms. The van der Waals surface area contributed by atoms with Crippen LogP contribution in [-0.2, 0) is 4.79 Å². The van der Waals surface area contributed by atoms with Gasteiger partial charge in [0.25, 0.3) is 0 Å². The quantitative estimate of drug-likeness (QED) is 0.624. The van der Waals surface area contributed by atoms with Crippen molar-refractivity contribution in [2.24, 2.45) is 0 Å². The third-order valence-corrected chi connectivity index (χ3v) is 1.98. The van der Waals surface area contributed by atoms with Crippen molar-refractivity contribution in [3.05, 3.63) is 5.92 Å². The van der Waals surface area contributed by atoms with E-state index < -0.39 is 6.17 Å². The smallest absolute Gasteiger partial charge is 0.171 e. The first-order valence-corrected chi connectivity index (χ1v) is 4.28. The molecule has 0 aromatic carbocycles. The third kappa shape index (κ3) is 2.55. The van der Waals surface area contributed by atoms with Crippen molar-refractivity contribution in [1.82, 2.24) is 4.90 Å². The number of hydrogen-bond acceptors (Lipinski definition) is 2. The summed E-state index contributed by atoms with van der Waals surface area (Å²) in [6, 6.07) is 0. The minimum absolute atomic E-state index is 0.236. The third-order valence-electron chi connectivity index (χ3n) is 1.98. The number of hydrogen-bond donors (Lipinski definition) is 0. The van der Waals surface area contributed by atoms with Crippen LogP contribution in [0.5, 0.6) is 0 Å². The van der Waals surface area contributed by atoms with Gasteiger partial charge in [0, 0.05) is 26.1 Å². The zero-order chi connectivity index (χ0) is 9.14. The van der Waals surface area contributed by atoms with Gasteiger partial charge in [-0.1, -0.05) is 13.8 Å². The molecule has 0 bridgehead atoms. The fourth-order valence-corrected chi connectivity index (χ4v) is 1.44. The molecule has 0 aliphatic carbocycles. The Morgan fingerprint density at radius 2 is 2.33 bits per heavy atom. The molecule has 1 saturated heterocycles. The Morgan fingerprint density at radius 3 is 2.83 bits per heavy atom. The van der Waals surface area contributed by atoms with Crippen LogP contribution in [0.3, 0.4) is 0 Å². The minimum atomic E-state index is -1.25. The van der Waals surface area contributed by atoms with Gasteiger partial charge in [-0.3, -0.25) is 9.69 Å². The van der Waals surface area contributed by atoms with E-state index in [2.05, 4.69) is 0 Å². The number of ketones is 1. The number of carbonyl (C=O) groups is 1. The van der Waals surface area contributed by atoms with Gasteiger partial charge in [-0.2, -0.15) is 0 Å². The van der Waals surface area contributed by atoms with Gasteiger partial charge in [0.05, 0.1) is 0 Å². The van der Waals surface area contributed by atoms with Gasteiger partial charge in [0.2, 0.25) is 0 Å². The number of likely N-dealkylation sites (tertiary alicyclic amines) is 1. The monoisotopic (exact) mass is 172 g/mol. The van der Waals surface area contributed by atoms with Crippen molar-refractivity contribution in [2.75, 3.05) is 19.6 Å². The van der Waals surface area contributed by atoms with Crippen molar-refractivity contribution in [3.8, 4) is 0 Å². The normalized spacial score (nSPS) is 26.7. The van der Waals surface area contributed by atoms with E-state index in [4.69, 9.17) is 0 Å². The molecule has 12 heavy (non-hydrogen) atoms. The highest BCUT2D eigenvalue weighted by Gasteiger charge is 2.26. The van der Waals surface area contributed by atoms with E-state index in [0.717, 1.165) is 6.54 Å². The van der Waals surface area contributed by atoms with Crippen LogP contribution in [0.4, 0.5) is 4.39 Å². The van der Waals surface area contributed by atoms with Gasteiger partial charge in [-0.05, 0) is 5.92 Å². The predicted molar refractivity (Wildman–Crippen MR) is 45.6 cm³/mol. The molecule has 0 N–H and O–H groups in total. The van der Waals surface area contributed by atoms with Gasteiger partial charge in [0.1, 0.15) is 0 Å². The van der Waals surface area contributed by atoms with Crippen LogP contribution in [0.15, 0.2) is 0 Å². The lowest BCUT2D eigenvalue weighted by Gasteiger charge is -2.28. The minimum Gasteiger partial charge on any atom is -0.299 e. The van der Waals surface area contributed by atoms with Crippen molar-refractivity contribution in [2.45, 2.75) is 26.4 Å². The van der Waals surface area contributed by atoms with Gasteiger partial charge in [-0.15, -0.1) is 0 Å². The molecule has 1 unspecified atom stereocenters. The van der Waals surface area contributed by atoms with E-state index in [-0.39, 0.29) is 12.3 Å². The molecule has 0 aromatic rings. The second-order valence-electron chi connectivity index (χ2n) is 3.63. The van der Waals surface area contributed by atoms with E-state index in [9.17, 15) is 9.18 Å². The molecule has 3 heteroatoms. The van der Waals surface area contributed by atoms with Crippen LogP contribution in [0, 0.1) is 5.92 Å². The molecule has 1 atom stereocenters. The second kappa shape index (κ2) is 3.99. The summed E-state index contributed by atoms with van der Waals surface area (Å²) >= 11 is 0. The standard InChI is InChI=1S/C9H15FNO/c1-7(2)5-11-4-3-9(12)8(10)6-11/h8H,3-6H2,1-2H3. The molecular weight excluding hydrogens is 157 g/mol. The van der Waals surface area contributed by atoms with E-state index in [0.29, 0.717) is 13.0 Å². The first-order chi connectivity index (χ1) is 5.59. The number of nitrogens with zero attached hydrogens (tertiary/aromatic N) is 1. The van der Waals surface area contributed by atoms with Crippen molar-refractivity contribution in [3.63, 3.8) is 0 Å². The molecule has 0 aromatic heterocycles. The van der Waals surface area contributed by atoms with Crippen LogP contribution in [0.1, 0.15) is 20.3 Å². The Labute approximate surface area is 72.7 Å². The second-order valence-corrected chi connectivity index (χ2v) is 3.63. The topological polar surface area (TPSA) is 20.3 Å². The lowest BCUT2D eigenvalue weighted by Crippen LogP contribution is -2.43. The van der Waals surface area contributed by atoms with E-state index >= 15 is 0 Å². The maximum atomic E-state index is 12.9. The zero-order valence-corrected chi connectivity index (χ0v) is 7.64. The Hall–Kier alpha value is -0.440. The van der Waals surface area contributed by atoms with Crippen molar-refractivity contribution in [1.29, 1.82) is 0 Å². The molecule has 1 heterocycles. The largest absolute Gasteiger partial charge is 0.299 e. The van der Waals surface area contributed by atoms with Crippen LogP contribution < -0.4 is 0 Å². The van der Waals surface area contributed by atoms with Crippen LogP contribution in [0.2, 0.25) is 0 Å². The van der Waals surface area contributed by atoms with Crippen LogP contribution in [0.25, 0.3) is 0 Å². The highest BCUT2D eigenvalue weighted by Crippen LogP contribution is 2.11. The first kappa shape index (κ1) is 9.65. The summed E-state index contributed by atoms with van der Waals surface area (Å²) in [4.78, 5) is 12.8. The van der Waals surface area contributed by atoms with Crippen LogP contribution in [-0.4, -0.2) is 36.5 Å². The molecule has 1 fully saturated rings. The number of Topliss-reactive ketones (excluding diaryl/α,β-unsaturated/α-hetero) is 1. The Balaban J connectivity index is 2.35. The summed E-state index contributed by atoms with van der Waals surface area (Å²) in [5.41, 5.74) is 0. The van der Waals surface area contributed by atoms with E-state index in [1.807, 2.05) is 18.7 Å². The van der Waals surface area contributed by atoms with Gasteiger partial charge in [0.15, 0.2) is 12.0 Å². The summed E-state index contributed by atoms with van der Waals surface area (Å²) < 4.78 is 12.9. The average molecular weight is 172 g/mol. The summed E-state index contributed by atoms with van der Waals surface area (Å²) in [6.07, 6.45) is -0.882. The Bertz CT molecular complexity index is 170. The molecule has 0 saturated carbocycles. The molecule has 0 amide bonds. The summed E-state index contributed by atoms with van der Waals surface area (Å²) in [6.45, 7) is 5.84. The lowest BCUT2D eigenvalue weighted by molar-refractivity contribution is -0.127. The summed E-state index contributed by atoms with van der Waals surface area (Å²) in [7, 11) is 0. The number of alkyl halides is 1. The molecule has 2 nitrogen and oxygen atoms in total. The SMILES string of the molecule is C[C](C)CN1CCC(=O)C(F)C1. The van der Waals surface area contributed by atoms with Crippen molar-refractivity contribution >= 4 is 5.78 Å². The Morgan fingerprint density at radius 1 is 1.67 bits per heavy atom. The highest BCUT2D eigenvalue weighted by molar-refractivity contribution is 5.84. The van der Waals surface area contributed by atoms with E-state index in [1.165, 1.54) is 5.92 Å². The fourth-order valence-electron chi connectivity index (χ4n) is 1.44. The van der Waals surface area contributed by atoms with Gasteiger partial charge < -0.3 is 0 Å². The molecule has 1 radical (unpaired) electrons. The predicted octanol–water partition coefficient (Wildman–Crippen LogP) is 1.21. The van der Waals surface area contributed by atoms with Gasteiger partial charge >= 0.3 is 0 Å². The number of carbonyl (C=O) groups excluding carboxylic acids is 1. The Kier molecular flexibility index (Phi) is 3.20. The van der Waals surface area contributed by atoms with E-state index in [1.54, 1.807) is 0 Å². The average Bonchev–Trinajstić information content (AvgIpc) is 1.96. The molecule has 1 aliphatic heterocycles. The molecule has 69 valence electrons. The molecular formula is C9H15FNO. The van der Waals surface area contributed by atoms with Crippen molar-refractivity contribution < 1.29 is 9.18 Å². The van der Waals surface area contributed by atoms with Gasteiger partial charge in [-0.25, -0.2) is 4.39 Å². The molecule has 1 aliphatic rings. The number of halogens is 1. The number of piperidine rings is 1. The maximum absolute atomic E-state index is 12.9. The molecule has 1 rings (SSSR count). The summed E-state index contributed by atoms with van der Waals surface area (Å²) in [5, 5.41) is 0. The van der Waals surface area contributed by atoms with Crippen LogP contribution >= 0.6 is 0 Å². The highest BCUT2D eigenvalue weighted by atomic mass is 19.1. The number of rotatable bonds is 2. The first-order valence-electron chi connectivity index (χ1n) is 4.28. The maximum Gasteiger partial charge on any atom is 0.171 e. The zero-order valence-electron chi connectivity index (χ0n) is 7.64. The fraction of sp³-hybridized carbons (Fsp3) is 0.778. The lowest BCUT2D eigenvalue weighted by atomic mass is 10.1. The summed E-state index contributed by atoms with van der Waals surface area (Å²) in [5.74, 6) is 1.02.